The van der Waals surface area contributed by atoms with Crippen LogP contribution < -0.4 is 9.44 Å². The van der Waals surface area contributed by atoms with Crippen molar-refractivity contribution in [2.24, 2.45) is 4.99 Å². The maximum atomic E-state index is 13.7. The highest BCUT2D eigenvalue weighted by Crippen LogP contribution is 2.45. The molecule has 2 atom stereocenters. The van der Waals surface area contributed by atoms with E-state index in [1.807, 2.05) is 10.3 Å². The highest BCUT2D eigenvalue weighted by Gasteiger charge is 2.52. The van der Waals surface area contributed by atoms with Crippen LogP contribution in [0.2, 0.25) is 5.02 Å². The molecule has 3 aliphatic heterocycles. The van der Waals surface area contributed by atoms with Gasteiger partial charge in [0.25, 0.3) is 10.2 Å². The zero-order chi connectivity index (χ0) is 22.0. The van der Waals surface area contributed by atoms with Crippen LogP contribution in [0.25, 0.3) is 0 Å². The van der Waals surface area contributed by atoms with E-state index in [0.29, 0.717) is 40.6 Å². The van der Waals surface area contributed by atoms with E-state index in [2.05, 4.69) is 14.4 Å². The quantitative estimate of drug-likeness (QED) is 0.699. The minimum atomic E-state index is -3.62. The number of nitrogens with zero attached hydrogens (tertiary/aromatic N) is 3. The Hall–Kier alpha value is -2.18. The Morgan fingerprint density at radius 3 is 2.84 bits per heavy atom. The number of aromatic nitrogens is 1. The van der Waals surface area contributed by atoms with Gasteiger partial charge in [-0.15, -0.1) is 11.3 Å². The number of carbonyl (C=O) groups excluding carboxylic acids is 1. The largest absolute Gasteiger partial charge is 0.325 e. The average molecular weight is 482 g/mol. The predicted molar refractivity (Wildman–Crippen MR) is 115 cm³/mol. The maximum Gasteiger partial charge on any atom is 0.277 e. The fourth-order valence-electron chi connectivity index (χ4n) is 4.35. The molecule has 0 saturated carbocycles. The van der Waals surface area contributed by atoms with Crippen LogP contribution >= 0.6 is 22.9 Å². The lowest BCUT2D eigenvalue weighted by molar-refractivity contribution is -0.114. The lowest BCUT2D eigenvalue weighted by Crippen LogP contribution is -2.47. The number of aliphatic imine (C=N–C) groups is 1. The van der Waals surface area contributed by atoms with Crippen molar-refractivity contribution >= 4 is 44.8 Å². The van der Waals surface area contributed by atoms with Crippen LogP contribution in [-0.4, -0.2) is 48.5 Å². The molecular formula is C19H17ClFN5O3S2. The van der Waals surface area contributed by atoms with E-state index in [9.17, 15) is 17.6 Å². The zero-order valence-electron chi connectivity index (χ0n) is 16.2. The summed E-state index contributed by atoms with van der Waals surface area (Å²) in [7, 11) is -3.62. The van der Waals surface area contributed by atoms with Crippen molar-refractivity contribution in [3.8, 4) is 0 Å². The minimum Gasteiger partial charge on any atom is -0.325 e. The monoisotopic (exact) mass is 481 g/mol. The highest BCUT2D eigenvalue weighted by atomic mass is 35.5. The molecule has 0 radical (unpaired) electrons. The van der Waals surface area contributed by atoms with Gasteiger partial charge in [-0.25, -0.2) is 14.1 Å². The normalized spacial score (nSPS) is 27.0. The smallest absolute Gasteiger partial charge is 0.277 e. The van der Waals surface area contributed by atoms with E-state index in [1.165, 1.54) is 36.5 Å². The first-order valence-corrected chi connectivity index (χ1v) is 12.1. The summed E-state index contributed by atoms with van der Waals surface area (Å²) in [5.41, 5.74) is 0.774. The van der Waals surface area contributed by atoms with Gasteiger partial charge in [0.15, 0.2) is 16.6 Å². The summed E-state index contributed by atoms with van der Waals surface area (Å²) in [6.45, 7) is 1.93. The van der Waals surface area contributed by atoms with Crippen molar-refractivity contribution < 1.29 is 17.6 Å². The molecule has 1 spiro atoms. The Morgan fingerprint density at radius 1 is 1.42 bits per heavy atom. The summed E-state index contributed by atoms with van der Waals surface area (Å²) in [4.78, 5) is 23.8. The lowest BCUT2D eigenvalue weighted by Gasteiger charge is -2.32. The first-order chi connectivity index (χ1) is 14.7. The van der Waals surface area contributed by atoms with Crippen LogP contribution in [0.3, 0.4) is 0 Å². The van der Waals surface area contributed by atoms with Gasteiger partial charge >= 0.3 is 0 Å². The second kappa shape index (κ2) is 7.17. The van der Waals surface area contributed by atoms with Gasteiger partial charge in [-0.3, -0.25) is 9.79 Å². The molecule has 2 N–H and O–H groups in total. The Labute approximate surface area is 187 Å². The summed E-state index contributed by atoms with van der Waals surface area (Å²) in [6, 6.07) is 3.24. The number of hydrogen-bond donors (Lipinski definition) is 2. The van der Waals surface area contributed by atoms with Crippen LogP contribution in [0.5, 0.6) is 0 Å². The lowest BCUT2D eigenvalue weighted by atomic mass is 9.90. The van der Waals surface area contributed by atoms with E-state index < -0.39 is 27.6 Å². The van der Waals surface area contributed by atoms with Gasteiger partial charge in [0, 0.05) is 52.9 Å². The Bertz CT molecular complexity index is 1260. The van der Waals surface area contributed by atoms with Crippen LogP contribution in [0, 0.1) is 5.82 Å². The molecule has 162 valence electrons. The van der Waals surface area contributed by atoms with Gasteiger partial charge in [-0.2, -0.15) is 13.1 Å². The van der Waals surface area contributed by atoms with E-state index in [-0.39, 0.29) is 17.4 Å². The second-order valence-corrected chi connectivity index (χ2v) is 10.5. The number of thiazole rings is 1. The van der Waals surface area contributed by atoms with Crippen LogP contribution in [0.1, 0.15) is 30.0 Å². The maximum absolute atomic E-state index is 13.7. The number of benzene rings is 1. The van der Waals surface area contributed by atoms with Crippen molar-refractivity contribution in [3.63, 3.8) is 0 Å². The van der Waals surface area contributed by atoms with Crippen LogP contribution in [-0.2, 0) is 15.0 Å². The van der Waals surface area contributed by atoms with Gasteiger partial charge in [-0.1, -0.05) is 17.7 Å². The Balaban J connectivity index is 1.70. The molecule has 3 aliphatic rings. The molecule has 4 heterocycles. The van der Waals surface area contributed by atoms with E-state index in [0.717, 1.165) is 0 Å². The van der Waals surface area contributed by atoms with Crippen molar-refractivity contribution in [2.75, 3.05) is 13.1 Å². The number of rotatable bonds is 3. The van der Waals surface area contributed by atoms with Crippen molar-refractivity contribution in [3.05, 3.63) is 62.5 Å². The van der Waals surface area contributed by atoms with E-state index in [4.69, 9.17) is 16.6 Å². The predicted octanol–water partition coefficient (Wildman–Crippen LogP) is 2.16. The van der Waals surface area contributed by atoms with Crippen molar-refractivity contribution in [2.45, 2.75) is 24.9 Å². The van der Waals surface area contributed by atoms with Crippen LogP contribution in [0.15, 0.2) is 46.0 Å². The summed E-state index contributed by atoms with van der Waals surface area (Å²) in [5.74, 6) is -0.167. The summed E-state index contributed by atoms with van der Waals surface area (Å²) in [6.07, 6.45) is 1.95. The molecule has 0 bridgehead atoms. The molecule has 2 fully saturated rings. The number of fused-ring (bicyclic) bond motifs is 1. The van der Waals surface area contributed by atoms with Crippen molar-refractivity contribution in [1.82, 2.24) is 19.3 Å². The van der Waals surface area contributed by atoms with Gasteiger partial charge in [0.2, 0.25) is 0 Å². The molecule has 31 heavy (non-hydrogen) atoms. The molecule has 0 aliphatic carbocycles. The molecule has 0 unspecified atom stereocenters. The molecule has 0 amide bonds. The third-order valence-electron chi connectivity index (χ3n) is 5.60. The molecule has 2 saturated heterocycles. The summed E-state index contributed by atoms with van der Waals surface area (Å²) < 4.78 is 43.0. The second-order valence-electron chi connectivity index (χ2n) is 7.74. The molecule has 12 heteroatoms. The fourth-order valence-corrected chi connectivity index (χ4v) is 6.58. The molecule has 5 rings (SSSR count). The zero-order valence-corrected chi connectivity index (χ0v) is 18.6. The topological polar surface area (TPSA) is 104 Å². The Morgan fingerprint density at radius 2 is 2.23 bits per heavy atom. The van der Waals surface area contributed by atoms with Crippen LogP contribution in [0.4, 0.5) is 4.39 Å². The van der Waals surface area contributed by atoms with Gasteiger partial charge in [0.05, 0.1) is 5.54 Å². The number of Topliss-reactive ketones (excluding diaryl/α,β-unsaturated/α-hetero) is 1. The molecule has 2 aromatic rings. The number of carbonyl (C=O) groups is 1. The number of ketones is 1. The number of hydrogen-bond acceptors (Lipinski definition) is 7. The van der Waals surface area contributed by atoms with E-state index >= 15 is 0 Å². The first kappa shape index (κ1) is 20.7. The average Bonchev–Trinajstić information content (AvgIpc) is 3.39. The number of amidine groups is 1. The SMILES string of the molecule is CC(=O)C1=C2C[C@@]3(CNS(=O)(=O)N3)CN2C(c2nccs2)=N[C@H]1c1ccc(F)cc1Cl. The summed E-state index contributed by atoms with van der Waals surface area (Å²) in [5, 5.41) is 2.61. The Kier molecular flexibility index (Phi) is 4.79. The number of nitrogens with one attached hydrogen (secondary N) is 2. The van der Waals surface area contributed by atoms with Gasteiger partial charge in [-0.05, 0) is 19.1 Å². The summed E-state index contributed by atoms with van der Waals surface area (Å²) >= 11 is 7.72. The highest BCUT2D eigenvalue weighted by molar-refractivity contribution is 7.87. The van der Waals surface area contributed by atoms with Crippen molar-refractivity contribution in [1.29, 1.82) is 0 Å². The molecule has 1 aromatic carbocycles. The van der Waals surface area contributed by atoms with Gasteiger partial charge in [0.1, 0.15) is 11.9 Å². The molecule has 8 nitrogen and oxygen atoms in total. The van der Waals surface area contributed by atoms with E-state index in [1.54, 1.807) is 6.20 Å². The molecule has 1 aromatic heterocycles. The standard InChI is InChI=1S/C19H17ClFN5O3S2/c1-10(27)15-14-7-19(8-23-31(28,29)25-19)9-26(14)17(18-22-4-5-30-18)24-16(15)12-3-2-11(21)6-13(12)20/h2-6,16,23,25H,7-9H2,1H3/t16-,19+/m0/s1. The third-order valence-corrected chi connectivity index (χ3v) is 7.92. The minimum absolute atomic E-state index is 0.163. The van der Waals surface area contributed by atoms with Gasteiger partial charge < -0.3 is 4.90 Å². The fraction of sp³-hybridized carbons (Fsp3) is 0.316. The third kappa shape index (κ3) is 3.50. The molecular weight excluding hydrogens is 465 g/mol. The number of halogens is 2. The first-order valence-electron chi connectivity index (χ1n) is 9.41.